The molecule has 2 fully saturated rings. The molecule has 1 heterocycles. The summed E-state index contributed by atoms with van der Waals surface area (Å²) in [6, 6.07) is 0. The van der Waals surface area contributed by atoms with Crippen LogP contribution in [0.2, 0.25) is 0 Å². The molecular formula is C11H17NO3. The molecule has 0 spiro atoms. The van der Waals surface area contributed by atoms with Crippen LogP contribution in [0.4, 0.5) is 0 Å². The summed E-state index contributed by atoms with van der Waals surface area (Å²) in [7, 11) is 1.64. The second kappa shape index (κ2) is 3.61. The van der Waals surface area contributed by atoms with E-state index in [0.29, 0.717) is 6.61 Å². The molecule has 2 atom stereocenters. The van der Waals surface area contributed by atoms with E-state index >= 15 is 0 Å². The van der Waals surface area contributed by atoms with Crippen LogP contribution in [-0.2, 0) is 14.3 Å². The number of ether oxygens (including phenoxy) is 2. The van der Waals surface area contributed by atoms with Crippen molar-refractivity contribution in [2.24, 2.45) is 0 Å². The molecule has 2 rings (SSSR count). The maximum Gasteiger partial charge on any atom is 0.244 e. The normalized spacial score (nSPS) is 38.7. The van der Waals surface area contributed by atoms with Crippen molar-refractivity contribution in [3.8, 4) is 0 Å². The quantitative estimate of drug-likeness (QED) is 0.708. The Balaban J connectivity index is 2.23. The molecule has 1 N–H and O–H groups in total. The van der Waals surface area contributed by atoms with Crippen LogP contribution in [0.1, 0.15) is 25.7 Å². The van der Waals surface area contributed by atoms with Crippen molar-refractivity contribution in [1.82, 2.24) is 5.32 Å². The van der Waals surface area contributed by atoms with Crippen LogP contribution in [0, 0.1) is 0 Å². The number of hydrogen-bond acceptors (Lipinski definition) is 3. The van der Waals surface area contributed by atoms with Crippen LogP contribution in [0.25, 0.3) is 0 Å². The zero-order valence-electron chi connectivity index (χ0n) is 9.04. The standard InChI is InChI=1S/C11H17NO3/c1-3-9(13)12-10-5-4-6-11(10,14-2)15-8-7-10/h3H,1,4-8H2,2H3,(H,12,13)/t10-,11+/m1/s1. The molecule has 0 aromatic heterocycles. The minimum atomic E-state index is -0.605. The van der Waals surface area contributed by atoms with Crippen molar-refractivity contribution < 1.29 is 14.3 Å². The third-order valence-electron chi connectivity index (χ3n) is 3.58. The van der Waals surface area contributed by atoms with Gasteiger partial charge in [-0.1, -0.05) is 6.58 Å². The van der Waals surface area contributed by atoms with Crippen LogP contribution in [-0.4, -0.2) is 30.9 Å². The first-order valence-electron chi connectivity index (χ1n) is 5.32. The van der Waals surface area contributed by atoms with Gasteiger partial charge >= 0.3 is 0 Å². The lowest BCUT2D eigenvalue weighted by Gasteiger charge is -2.38. The third kappa shape index (κ3) is 1.40. The van der Waals surface area contributed by atoms with Gasteiger partial charge in [-0.3, -0.25) is 4.79 Å². The zero-order valence-corrected chi connectivity index (χ0v) is 9.04. The predicted molar refractivity (Wildman–Crippen MR) is 55.2 cm³/mol. The monoisotopic (exact) mass is 211 g/mol. The lowest BCUT2D eigenvalue weighted by Crippen LogP contribution is -2.59. The van der Waals surface area contributed by atoms with Crippen molar-refractivity contribution in [2.45, 2.75) is 37.0 Å². The Kier molecular flexibility index (Phi) is 2.56. The Bertz CT molecular complexity index is 278. The maximum atomic E-state index is 11.4. The molecule has 1 saturated carbocycles. The summed E-state index contributed by atoms with van der Waals surface area (Å²) in [6.45, 7) is 4.11. The van der Waals surface area contributed by atoms with E-state index in [0.717, 1.165) is 25.7 Å². The van der Waals surface area contributed by atoms with Crippen molar-refractivity contribution in [2.75, 3.05) is 13.7 Å². The summed E-state index contributed by atoms with van der Waals surface area (Å²) in [5.74, 6) is -0.755. The maximum absolute atomic E-state index is 11.4. The van der Waals surface area contributed by atoms with Crippen LogP contribution in [0.15, 0.2) is 12.7 Å². The summed E-state index contributed by atoms with van der Waals surface area (Å²) in [5.41, 5.74) is -0.340. The lowest BCUT2D eigenvalue weighted by molar-refractivity contribution is -0.215. The topological polar surface area (TPSA) is 47.6 Å². The molecule has 4 nitrogen and oxygen atoms in total. The third-order valence-corrected chi connectivity index (χ3v) is 3.58. The molecule has 1 amide bonds. The van der Waals surface area contributed by atoms with Gasteiger partial charge in [0.2, 0.25) is 5.91 Å². The average Bonchev–Trinajstić information content (AvgIpc) is 2.72. The van der Waals surface area contributed by atoms with Gasteiger partial charge in [0.05, 0.1) is 12.1 Å². The number of carbonyl (C=O) groups is 1. The fourth-order valence-corrected chi connectivity index (χ4v) is 2.83. The molecule has 1 aliphatic carbocycles. The average molecular weight is 211 g/mol. The van der Waals surface area contributed by atoms with E-state index in [9.17, 15) is 4.79 Å². The number of amides is 1. The Morgan fingerprint density at radius 3 is 3.00 bits per heavy atom. The van der Waals surface area contributed by atoms with E-state index < -0.39 is 5.79 Å². The fourth-order valence-electron chi connectivity index (χ4n) is 2.83. The highest BCUT2D eigenvalue weighted by molar-refractivity contribution is 5.87. The van der Waals surface area contributed by atoms with E-state index in [1.54, 1.807) is 7.11 Å². The summed E-state index contributed by atoms with van der Waals surface area (Å²) >= 11 is 0. The first-order valence-corrected chi connectivity index (χ1v) is 5.32. The number of rotatable bonds is 3. The summed E-state index contributed by atoms with van der Waals surface area (Å²) in [6.07, 6.45) is 4.90. The minimum absolute atomic E-state index is 0.149. The summed E-state index contributed by atoms with van der Waals surface area (Å²) < 4.78 is 11.2. The summed E-state index contributed by atoms with van der Waals surface area (Å²) in [4.78, 5) is 11.4. The van der Waals surface area contributed by atoms with Gasteiger partial charge < -0.3 is 14.8 Å². The Hall–Kier alpha value is -0.870. The molecule has 2 aliphatic rings. The van der Waals surface area contributed by atoms with E-state index in [-0.39, 0.29) is 11.4 Å². The predicted octanol–water partition coefficient (Wildman–Crippen LogP) is 0.974. The van der Waals surface area contributed by atoms with E-state index in [2.05, 4.69) is 11.9 Å². The first-order chi connectivity index (χ1) is 7.18. The molecule has 1 aliphatic heterocycles. The summed E-state index contributed by atoms with van der Waals surface area (Å²) in [5, 5.41) is 2.99. The Morgan fingerprint density at radius 1 is 1.53 bits per heavy atom. The number of methoxy groups -OCH3 is 1. The van der Waals surface area contributed by atoms with Gasteiger partial charge in [0, 0.05) is 13.5 Å². The van der Waals surface area contributed by atoms with Gasteiger partial charge in [0.15, 0.2) is 5.79 Å². The molecule has 4 heteroatoms. The van der Waals surface area contributed by atoms with E-state index in [1.165, 1.54) is 6.08 Å². The minimum Gasteiger partial charge on any atom is -0.351 e. The molecular weight excluding hydrogens is 194 g/mol. The van der Waals surface area contributed by atoms with Crippen LogP contribution in [0.3, 0.4) is 0 Å². The highest BCUT2D eigenvalue weighted by Crippen LogP contribution is 2.49. The van der Waals surface area contributed by atoms with E-state index in [1.807, 2.05) is 0 Å². The van der Waals surface area contributed by atoms with Crippen molar-refractivity contribution in [3.63, 3.8) is 0 Å². The highest BCUT2D eigenvalue weighted by Gasteiger charge is 2.60. The fraction of sp³-hybridized carbons (Fsp3) is 0.727. The van der Waals surface area contributed by atoms with Gasteiger partial charge in [0.1, 0.15) is 0 Å². The van der Waals surface area contributed by atoms with Gasteiger partial charge in [-0.15, -0.1) is 0 Å². The van der Waals surface area contributed by atoms with Crippen molar-refractivity contribution >= 4 is 5.91 Å². The van der Waals surface area contributed by atoms with Gasteiger partial charge in [-0.2, -0.15) is 0 Å². The number of carbonyl (C=O) groups excluding carboxylic acids is 1. The second-order valence-electron chi connectivity index (χ2n) is 4.18. The SMILES string of the molecule is C=CC(=O)N[C@@]12CCC[C@]1(OC)OCC2. The smallest absolute Gasteiger partial charge is 0.244 e. The lowest BCUT2D eigenvalue weighted by atomic mass is 9.90. The molecule has 1 saturated heterocycles. The highest BCUT2D eigenvalue weighted by atomic mass is 16.7. The molecule has 0 unspecified atom stereocenters. The van der Waals surface area contributed by atoms with Gasteiger partial charge in [-0.25, -0.2) is 0 Å². The number of nitrogens with one attached hydrogen (secondary N) is 1. The van der Waals surface area contributed by atoms with Crippen LogP contribution >= 0.6 is 0 Å². The van der Waals surface area contributed by atoms with Gasteiger partial charge in [-0.05, 0) is 25.3 Å². The van der Waals surface area contributed by atoms with Gasteiger partial charge in [0.25, 0.3) is 0 Å². The van der Waals surface area contributed by atoms with Crippen molar-refractivity contribution in [1.29, 1.82) is 0 Å². The second-order valence-corrected chi connectivity index (χ2v) is 4.18. The molecule has 0 bridgehead atoms. The first kappa shape index (κ1) is 10.6. The Labute approximate surface area is 89.6 Å². The van der Waals surface area contributed by atoms with Crippen LogP contribution in [0.5, 0.6) is 0 Å². The van der Waals surface area contributed by atoms with Crippen LogP contribution < -0.4 is 5.32 Å². The molecule has 15 heavy (non-hydrogen) atoms. The Morgan fingerprint density at radius 2 is 2.33 bits per heavy atom. The largest absolute Gasteiger partial charge is 0.351 e. The number of hydrogen-bond donors (Lipinski definition) is 1. The zero-order chi connectivity index (χ0) is 10.9. The molecule has 0 aromatic carbocycles. The van der Waals surface area contributed by atoms with E-state index in [4.69, 9.17) is 9.47 Å². The number of fused-ring (bicyclic) bond motifs is 1. The molecule has 0 radical (unpaired) electrons. The van der Waals surface area contributed by atoms with Crippen molar-refractivity contribution in [3.05, 3.63) is 12.7 Å². The molecule has 0 aromatic rings. The molecule has 84 valence electrons.